The number of carbonyl (C=O) groups excluding carboxylic acids is 6. The van der Waals surface area contributed by atoms with Crippen LogP contribution in [0.2, 0.25) is 0 Å². The van der Waals surface area contributed by atoms with Crippen LogP contribution in [0.5, 0.6) is 6.01 Å². The summed E-state index contributed by atoms with van der Waals surface area (Å²) in [6, 6.07) is 13.5. The van der Waals surface area contributed by atoms with Gasteiger partial charge >= 0.3 is 12.1 Å². The van der Waals surface area contributed by atoms with Crippen LogP contribution in [0.25, 0.3) is 32.9 Å². The third-order valence-corrected chi connectivity index (χ3v) is 18.1. The van der Waals surface area contributed by atoms with E-state index < -0.39 is 59.0 Å². The quantitative estimate of drug-likeness (QED) is 0.106. The molecule has 0 saturated carbocycles. The molecule has 3 aromatic carbocycles. The average molecular weight is 1110 g/mol. The van der Waals surface area contributed by atoms with Crippen molar-refractivity contribution in [2.75, 3.05) is 75.4 Å². The van der Waals surface area contributed by atoms with Crippen LogP contribution in [-0.2, 0) is 19.1 Å². The lowest BCUT2D eigenvalue weighted by Crippen LogP contribution is -2.58. The Hall–Kier alpha value is -8.60. The third-order valence-electron chi connectivity index (χ3n) is 18.1. The Kier molecular flexibility index (Phi) is 13.3. The Balaban J connectivity index is 0.649. The monoisotopic (exact) mass is 1110 g/mol. The first-order valence-corrected chi connectivity index (χ1v) is 28.0. The predicted octanol–water partition coefficient (Wildman–Crippen LogP) is 5.08. The minimum absolute atomic E-state index is 0.00656. The molecule has 5 unspecified atom stereocenters. The van der Waals surface area contributed by atoms with Gasteiger partial charge < -0.3 is 29.5 Å². The van der Waals surface area contributed by atoms with Gasteiger partial charge in [-0.05, 0) is 81.0 Å². The normalized spacial score (nSPS) is 25.6. The number of halogens is 2. The highest BCUT2D eigenvalue weighted by Crippen LogP contribution is 2.45. The van der Waals surface area contributed by atoms with Gasteiger partial charge in [-0.1, -0.05) is 42.3 Å². The number of rotatable bonds is 10. The number of anilines is 2. The van der Waals surface area contributed by atoms with Gasteiger partial charge in [0.2, 0.25) is 17.7 Å². The summed E-state index contributed by atoms with van der Waals surface area (Å²) in [6.07, 6.45) is 11.8. The molecule has 2 N–H and O–H groups in total. The van der Waals surface area contributed by atoms with Gasteiger partial charge in [-0.2, -0.15) is 15.2 Å². The number of hydrogen-bond donors (Lipinski definition) is 2. The largest absolute Gasteiger partial charge is 0.461 e. The molecule has 0 aliphatic carbocycles. The SMILES string of the molecule is C#Cc1c(F)ccc2cccc(-c3ncc4c(N5CC6CCC(C5)N6)nc(OCC56CCC(COC(=O)N7CCN(C(=O)C8CCN(c9ccc%10c(c9)C(=O)N(C9CCC(=O)NC9=O)C%10=O)CC8)C[C@H]7C#N)N5CC(=C)C6)nc4c3F)c12. The lowest BCUT2D eigenvalue weighted by atomic mass is 9.94. The van der Waals surface area contributed by atoms with E-state index >= 15 is 8.78 Å². The van der Waals surface area contributed by atoms with Crippen molar-refractivity contribution in [2.24, 2.45) is 5.92 Å². The molecule has 6 amide bonds. The van der Waals surface area contributed by atoms with E-state index in [1.807, 2.05) is 4.90 Å². The van der Waals surface area contributed by atoms with Crippen LogP contribution in [-0.4, -0.2) is 172 Å². The molecule has 0 radical (unpaired) electrons. The second kappa shape index (κ2) is 20.7. The number of terminal acetylenes is 1. The van der Waals surface area contributed by atoms with Gasteiger partial charge in [0.05, 0.1) is 40.2 Å². The fourth-order valence-electron chi connectivity index (χ4n) is 14.0. The van der Waals surface area contributed by atoms with Crippen molar-refractivity contribution in [3.05, 3.63) is 95.2 Å². The summed E-state index contributed by atoms with van der Waals surface area (Å²) in [5, 5.41) is 17.6. The van der Waals surface area contributed by atoms with Crippen molar-refractivity contribution in [1.29, 1.82) is 5.26 Å². The van der Waals surface area contributed by atoms with Crippen molar-refractivity contribution in [2.45, 2.75) is 93.5 Å². The van der Waals surface area contributed by atoms with Crippen molar-refractivity contribution < 1.29 is 47.0 Å². The summed E-state index contributed by atoms with van der Waals surface area (Å²) in [6.45, 7) is 7.67. The van der Waals surface area contributed by atoms with E-state index in [0.29, 0.717) is 98.1 Å². The number of amides is 6. The number of nitrogens with zero attached hydrogens (tertiary/aromatic N) is 10. The number of aromatic nitrogens is 3. The molecule has 7 fully saturated rings. The summed E-state index contributed by atoms with van der Waals surface area (Å²) in [5.41, 5.74) is 1.80. The zero-order valence-corrected chi connectivity index (χ0v) is 44.9. The average Bonchev–Trinajstić information content (AvgIpc) is 3.98. The molecule has 82 heavy (non-hydrogen) atoms. The second-order valence-corrected chi connectivity index (χ2v) is 22.9. The molecule has 22 heteroatoms. The molecule has 420 valence electrons. The zero-order valence-electron chi connectivity index (χ0n) is 44.9. The van der Waals surface area contributed by atoms with Crippen LogP contribution in [0, 0.1) is 41.2 Å². The highest BCUT2D eigenvalue weighted by molar-refractivity contribution is 6.23. The molecule has 0 spiro atoms. The first kappa shape index (κ1) is 52.8. The van der Waals surface area contributed by atoms with E-state index in [1.54, 1.807) is 53.6 Å². The molecule has 10 heterocycles. The number of fused-ring (bicyclic) bond motifs is 6. The molecule has 2 aromatic heterocycles. The second-order valence-electron chi connectivity index (χ2n) is 22.9. The minimum Gasteiger partial charge on any atom is -0.461 e. The fraction of sp³-hybridized carbons (Fsp3) is 0.433. The van der Waals surface area contributed by atoms with Gasteiger partial charge in [0.15, 0.2) is 5.82 Å². The molecule has 5 aromatic rings. The van der Waals surface area contributed by atoms with E-state index in [-0.39, 0.29) is 110 Å². The van der Waals surface area contributed by atoms with Crippen molar-refractivity contribution in [3.63, 3.8) is 0 Å². The number of imide groups is 2. The molecule has 6 atom stereocenters. The maximum Gasteiger partial charge on any atom is 0.411 e. The van der Waals surface area contributed by atoms with Crippen LogP contribution in [0.4, 0.5) is 25.1 Å². The number of piperazine rings is 2. The molecular weight excluding hydrogens is 1050 g/mol. The highest BCUT2D eigenvalue weighted by Gasteiger charge is 2.52. The van der Waals surface area contributed by atoms with E-state index in [0.717, 1.165) is 23.3 Å². The van der Waals surface area contributed by atoms with Gasteiger partial charge in [-0.25, -0.2) is 13.6 Å². The van der Waals surface area contributed by atoms with Gasteiger partial charge in [0.25, 0.3) is 11.8 Å². The Morgan fingerprint density at radius 3 is 2.45 bits per heavy atom. The standard InChI is InChI=1S/C60H58F2N12O8/c1-3-41-46(61)12-7-34-5-4-6-43(49(34)41)51-50(62)52-45(26-64-51)53(71-28-36-8-9-37(29-71)65-36)68-58(67-52)82-32-60-18-15-39(73(60)27-33(2)24-60)31-81-59(80)72-22-21-70(30-40(72)25-63)55(77)35-16-19-69(20-17-35)38-10-11-42-44(23-38)57(79)74(56(42)78)47-13-14-48(75)66-54(47)76/h1,4-7,10-12,23,26,35-37,39-40,47,65H,2,8-9,13-22,24,27-32H2,(H,66,75,76)/t36?,37?,39?,40-,47?,60?/m1/s1. The van der Waals surface area contributed by atoms with Gasteiger partial charge in [0, 0.05) is 99.1 Å². The van der Waals surface area contributed by atoms with Crippen LogP contribution < -0.4 is 25.2 Å². The van der Waals surface area contributed by atoms with Crippen LogP contribution in [0.3, 0.4) is 0 Å². The van der Waals surface area contributed by atoms with E-state index in [2.05, 4.69) is 44.0 Å². The number of nitriles is 1. The Morgan fingerprint density at radius 1 is 0.890 bits per heavy atom. The van der Waals surface area contributed by atoms with Crippen LogP contribution in [0.1, 0.15) is 84.1 Å². The van der Waals surface area contributed by atoms with Gasteiger partial charge in [-0.3, -0.25) is 49.0 Å². The fourth-order valence-corrected chi connectivity index (χ4v) is 14.0. The number of carbonyl (C=O) groups is 6. The Morgan fingerprint density at radius 2 is 1.68 bits per heavy atom. The summed E-state index contributed by atoms with van der Waals surface area (Å²) in [7, 11) is 0. The maximum atomic E-state index is 17.3. The lowest BCUT2D eigenvalue weighted by molar-refractivity contribution is -0.138. The van der Waals surface area contributed by atoms with Crippen LogP contribution >= 0.6 is 0 Å². The molecule has 8 aliphatic heterocycles. The number of nitrogens with one attached hydrogen (secondary N) is 2. The molecule has 2 bridgehead atoms. The minimum atomic E-state index is -1.07. The molecule has 7 saturated heterocycles. The smallest absolute Gasteiger partial charge is 0.411 e. The van der Waals surface area contributed by atoms with Crippen molar-refractivity contribution >= 4 is 68.8 Å². The zero-order chi connectivity index (χ0) is 56.7. The summed E-state index contributed by atoms with van der Waals surface area (Å²) in [4.78, 5) is 104. The molecule has 20 nitrogen and oxygen atoms in total. The molecule has 8 aliphatic rings. The summed E-state index contributed by atoms with van der Waals surface area (Å²) >= 11 is 0. The van der Waals surface area contributed by atoms with Crippen molar-refractivity contribution in [3.8, 4) is 35.7 Å². The number of benzene rings is 3. The first-order valence-electron chi connectivity index (χ1n) is 28.0. The Bertz CT molecular complexity index is 3660. The van der Waals surface area contributed by atoms with E-state index in [4.69, 9.17) is 25.9 Å². The number of pyridine rings is 1. The predicted molar refractivity (Wildman–Crippen MR) is 294 cm³/mol. The molecule has 13 rings (SSSR count). The van der Waals surface area contributed by atoms with Crippen LogP contribution in [0.15, 0.2) is 66.9 Å². The summed E-state index contributed by atoms with van der Waals surface area (Å²) < 4.78 is 45.0. The maximum absolute atomic E-state index is 17.3. The first-order chi connectivity index (χ1) is 39.7. The van der Waals surface area contributed by atoms with E-state index in [9.17, 15) is 34.0 Å². The van der Waals surface area contributed by atoms with Crippen molar-refractivity contribution in [1.82, 2.24) is 45.2 Å². The summed E-state index contributed by atoms with van der Waals surface area (Å²) in [5.74, 6) is -1.10. The Labute approximate surface area is 470 Å². The van der Waals surface area contributed by atoms with Gasteiger partial charge in [-0.15, -0.1) is 6.42 Å². The lowest BCUT2D eigenvalue weighted by Gasteiger charge is -2.41. The third kappa shape index (κ3) is 9.08. The van der Waals surface area contributed by atoms with E-state index in [1.165, 1.54) is 11.0 Å². The topological polar surface area (TPSA) is 227 Å². The number of piperidine rings is 2. The number of hydrogen-bond acceptors (Lipinski definition) is 16. The number of ether oxygens (including phenoxy) is 2. The molecular formula is C60H58F2N12O8. The van der Waals surface area contributed by atoms with Gasteiger partial charge in [0.1, 0.15) is 48.1 Å². The highest BCUT2D eigenvalue weighted by atomic mass is 19.1.